The highest BCUT2D eigenvalue weighted by atomic mass is 16.5. The number of amides is 1. The third-order valence-corrected chi connectivity index (χ3v) is 4.62. The van der Waals surface area contributed by atoms with Crippen molar-refractivity contribution in [3.05, 3.63) is 41.1 Å². The van der Waals surface area contributed by atoms with Crippen LogP contribution in [0.25, 0.3) is 17.0 Å². The molecule has 0 spiro atoms. The normalized spacial score (nSPS) is 17.9. The molecule has 0 bridgehead atoms. The summed E-state index contributed by atoms with van der Waals surface area (Å²) in [5.74, 6) is -0.347. The first-order valence-electron chi connectivity index (χ1n) is 8.17. The molecule has 1 aliphatic heterocycles. The SMILES string of the molecule is Cc1c(/C=C(\C#N)C(=O)NCC2CCCO2)c2ccccc2n1C. The summed E-state index contributed by atoms with van der Waals surface area (Å²) in [6.45, 7) is 3.19. The van der Waals surface area contributed by atoms with Crippen LogP contribution < -0.4 is 5.32 Å². The lowest BCUT2D eigenvalue weighted by atomic mass is 10.1. The Morgan fingerprint density at radius 1 is 1.50 bits per heavy atom. The number of benzene rings is 1. The fourth-order valence-corrected chi connectivity index (χ4v) is 3.13. The van der Waals surface area contributed by atoms with Crippen LogP contribution in [0, 0.1) is 18.3 Å². The van der Waals surface area contributed by atoms with E-state index >= 15 is 0 Å². The molecule has 5 nitrogen and oxygen atoms in total. The Morgan fingerprint density at radius 2 is 2.29 bits per heavy atom. The van der Waals surface area contributed by atoms with E-state index in [0.29, 0.717) is 6.54 Å². The molecule has 2 heterocycles. The fourth-order valence-electron chi connectivity index (χ4n) is 3.13. The molecular formula is C19H21N3O2. The minimum atomic E-state index is -0.347. The van der Waals surface area contributed by atoms with Gasteiger partial charge in [-0.05, 0) is 31.9 Å². The Balaban J connectivity index is 1.86. The van der Waals surface area contributed by atoms with E-state index in [1.807, 2.05) is 44.3 Å². The summed E-state index contributed by atoms with van der Waals surface area (Å²) < 4.78 is 7.56. The van der Waals surface area contributed by atoms with Crippen LogP contribution in [-0.2, 0) is 16.6 Å². The molecule has 1 unspecified atom stereocenters. The minimum Gasteiger partial charge on any atom is -0.376 e. The quantitative estimate of drug-likeness (QED) is 0.695. The maximum Gasteiger partial charge on any atom is 0.262 e. The summed E-state index contributed by atoms with van der Waals surface area (Å²) in [5.41, 5.74) is 3.14. The van der Waals surface area contributed by atoms with Gasteiger partial charge < -0.3 is 14.6 Å². The zero-order chi connectivity index (χ0) is 17.1. The van der Waals surface area contributed by atoms with E-state index in [1.165, 1.54) is 0 Å². The Morgan fingerprint density at radius 3 is 3.00 bits per heavy atom. The summed E-state index contributed by atoms with van der Waals surface area (Å²) in [6, 6.07) is 10.0. The van der Waals surface area contributed by atoms with E-state index < -0.39 is 0 Å². The molecule has 1 amide bonds. The van der Waals surface area contributed by atoms with Crippen molar-refractivity contribution in [2.45, 2.75) is 25.9 Å². The van der Waals surface area contributed by atoms with Crippen molar-refractivity contribution in [1.82, 2.24) is 9.88 Å². The summed E-state index contributed by atoms with van der Waals surface area (Å²) in [7, 11) is 1.98. The lowest BCUT2D eigenvalue weighted by Crippen LogP contribution is -2.32. The zero-order valence-corrected chi connectivity index (χ0v) is 14.0. The predicted octanol–water partition coefficient (Wildman–Crippen LogP) is 2.69. The number of hydrogen-bond acceptors (Lipinski definition) is 3. The number of aryl methyl sites for hydroxylation is 1. The van der Waals surface area contributed by atoms with E-state index in [2.05, 4.69) is 9.88 Å². The molecule has 24 heavy (non-hydrogen) atoms. The summed E-state index contributed by atoms with van der Waals surface area (Å²) >= 11 is 0. The number of hydrogen-bond donors (Lipinski definition) is 1. The average Bonchev–Trinajstić information content (AvgIpc) is 3.20. The van der Waals surface area contributed by atoms with Gasteiger partial charge >= 0.3 is 0 Å². The van der Waals surface area contributed by atoms with Crippen molar-refractivity contribution >= 4 is 22.9 Å². The van der Waals surface area contributed by atoms with Crippen LogP contribution in [0.2, 0.25) is 0 Å². The van der Waals surface area contributed by atoms with Gasteiger partial charge in [0.05, 0.1) is 6.10 Å². The predicted molar refractivity (Wildman–Crippen MR) is 93.2 cm³/mol. The van der Waals surface area contributed by atoms with Crippen molar-refractivity contribution in [1.29, 1.82) is 5.26 Å². The van der Waals surface area contributed by atoms with Crippen LogP contribution >= 0.6 is 0 Å². The molecule has 0 aliphatic carbocycles. The molecule has 1 aromatic heterocycles. The summed E-state index contributed by atoms with van der Waals surface area (Å²) in [6.07, 6.45) is 3.72. The number of carbonyl (C=O) groups is 1. The van der Waals surface area contributed by atoms with Gasteiger partial charge in [-0.15, -0.1) is 0 Å². The van der Waals surface area contributed by atoms with Gasteiger partial charge in [0.1, 0.15) is 11.6 Å². The highest BCUT2D eigenvalue weighted by Gasteiger charge is 2.18. The van der Waals surface area contributed by atoms with E-state index in [1.54, 1.807) is 6.08 Å². The molecule has 1 aromatic carbocycles. The summed E-state index contributed by atoms with van der Waals surface area (Å²) in [4.78, 5) is 12.3. The molecule has 1 saturated heterocycles. The molecule has 124 valence electrons. The molecule has 2 aromatic rings. The van der Waals surface area contributed by atoms with Gasteiger partial charge in [-0.25, -0.2) is 0 Å². The first-order chi connectivity index (χ1) is 11.6. The number of nitrogens with one attached hydrogen (secondary N) is 1. The largest absolute Gasteiger partial charge is 0.376 e. The minimum absolute atomic E-state index is 0.0631. The number of aromatic nitrogens is 1. The van der Waals surface area contributed by atoms with E-state index in [9.17, 15) is 10.1 Å². The average molecular weight is 323 g/mol. The molecule has 0 radical (unpaired) electrons. The second kappa shape index (κ2) is 6.90. The number of ether oxygens (including phenoxy) is 1. The Hall–Kier alpha value is -2.58. The zero-order valence-electron chi connectivity index (χ0n) is 14.0. The third kappa shape index (κ3) is 3.06. The molecule has 1 aliphatic rings. The number of rotatable bonds is 4. The van der Waals surface area contributed by atoms with Crippen LogP contribution in [0.1, 0.15) is 24.1 Å². The van der Waals surface area contributed by atoms with Crippen molar-refractivity contribution in [3.8, 4) is 6.07 Å². The van der Waals surface area contributed by atoms with Gasteiger partial charge in [0.25, 0.3) is 5.91 Å². The highest BCUT2D eigenvalue weighted by molar-refractivity contribution is 6.04. The number of para-hydroxylation sites is 1. The van der Waals surface area contributed by atoms with Crippen LogP contribution in [0.15, 0.2) is 29.8 Å². The number of nitriles is 1. The van der Waals surface area contributed by atoms with Gasteiger partial charge in [-0.2, -0.15) is 5.26 Å². The molecule has 1 atom stereocenters. The van der Waals surface area contributed by atoms with Crippen molar-refractivity contribution in [2.24, 2.45) is 7.05 Å². The number of carbonyl (C=O) groups excluding carboxylic acids is 1. The molecular weight excluding hydrogens is 302 g/mol. The Labute approximate surface area is 141 Å². The van der Waals surface area contributed by atoms with Crippen molar-refractivity contribution in [3.63, 3.8) is 0 Å². The second-order valence-electron chi connectivity index (χ2n) is 6.09. The van der Waals surface area contributed by atoms with Crippen LogP contribution in [-0.4, -0.2) is 29.7 Å². The van der Waals surface area contributed by atoms with Crippen molar-refractivity contribution in [2.75, 3.05) is 13.2 Å². The second-order valence-corrected chi connectivity index (χ2v) is 6.09. The monoisotopic (exact) mass is 323 g/mol. The van der Waals surface area contributed by atoms with Crippen LogP contribution in [0.4, 0.5) is 0 Å². The van der Waals surface area contributed by atoms with Gasteiger partial charge in [0, 0.05) is 42.4 Å². The lowest BCUT2D eigenvalue weighted by Gasteiger charge is -2.10. The van der Waals surface area contributed by atoms with Crippen LogP contribution in [0.5, 0.6) is 0 Å². The standard InChI is InChI=1S/C19H21N3O2/c1-13-17(16-7-3-4-8-18(16)22(13)2)10-14(11-20)19(23)21-12-15-6-5-9-24-15/h3-4,7-8,10,15H,5-6,9,12H2,1-2H3,(H,21,23)/b14-10+. The van der Waals surface area contributed by atoms with Crippen molar-refractivity contribution < 1.29 is 9.53 Å². The maximum absolute atomic E-state index is 12.3. The summed E-state index contributed by atoms with van der Waals surface area (Å²) in [5, 5.41) is 13.3. The molecule has 1 N–H and O–H groups in total. The molecule has 1 fully saturated rings. The topological polar surface area (TPSA) is 67.1 Å². The Bertz CT molecular complexity index is 836. The van der Waals surface area contributed by atoms with Gasteiger partial charge in [0.15, 0.2) is 0 Å². The maximum atomic E-state index is 12.3. The highest BCUT2D eigenvalue weighted by Crippen LogP contribution is 2.26. The first-order valence-corrected chi connectivity index (χ1v) is 8.17. The Kier molecular flexibility index (Phi) is 4.68. The number of fused-ring (bicyclic) bond motifs is 1. The first kappa shape index (κ1) is 16.3. The van der Waals surface area contributed by atoms with Gasteiger partial charge in [-0.1, -0.05) is 18.2 Å². The third-order valence-electron chi connectivity index (χ3n) is 4.62. The molecule has 0 saturated carbocycles. The van der Waals surface area contributed by atoms with Crippen LogP contribution in [0.3, 0.4) is 0 Å². The van der Waals surface area contributed by atoms with E-state index in [-0.39, 0.29) is 17.6 Å². The fraction of sp³-hybridized carbons (Fsp3) is 0.368. The number of nitrogens with zero attached hydrogens (tertiary/aromatic N) is 2. The van der Waals surface area contributed by atoms with E-state index in [0.717, 1.165) is 41.6 Å². The van der Waals surface area contributed by atoms with Gasteiger partial charge in [-0.3, -0.25) is 4.79 Å². The van der Waals surface area contributed by atoms with E-state index in [4.69, 9.17) is 4.74 Å². The lowest BCUT2D eigenvalue weighted by molar-refractivity contribution is -0.117. The molecule has 5 heteroatoms. The smallest absolute Gasteiger partial charge is 0.262 e. The molecule has 3 rings (SSSR count). The van der Waals surface area contributed by atoms with Gasteiger partial charge in [0.2, 0.25) is 0 Å².